The largest absolute Gasteiger partial charge is 0.315 e. The monoisotopic (exact) mass is 194 g/mol. The lowest BCUT2D eigenvalue weighted by atomic mass is 10.0. The first kappa shape index (κ1) is 9.65. The molecule has 0 spiro atoms. The van der Waals surface area contributed by atoms with Crippen LogP contribution < -0.4 is 5.32 Å². The summed E-state index contributed by atoms with van der Waals surface area (Å²) in [5.74, 6) is 3.43. The van der Waals surface area contributed by atoms with Crippen molar-refractivity contribution in [3.63, 3.8) is 0 Å². The third-order valence-corrected chi connectivity index (χ3v) is 2.66. The summed E-state index contributed by atoms with van der Waals surface area (Å²) >= 11 is 0. The van der Waals surface area contributed by atoms with E-state index in [0.29, 0.717) is 11.8 Å². The summed E-state index contributed by atoms with van der Waals surface area (Å²) in [7, 11) is 0. The van der Waals surface area contributed by atoms with Crippen LogP contribution in [0.4, 0.5) is 0 Å². The SMILES string of the molecule is Cc1nnc(C2CNC2)n1CC(C)C. The molecule has 1 aliphatic rings. The predicted molar refractivity (Wildman–Crippen MR) is 55.2 cm³/mol. The van der Waals surface area contributed by atoms with E-state index in [4.69, 9.17) is 0 Å². The molecular weight excluding hydrogens is 176 g/mol. The van der Waals surface area contributed by atoms with Gasteiger partial charge in [-0.3, -0.25) is 0 Å². The van der Waals surface area contributed by atoms with Crippen LogP contribution in [0.15, 0.2) is 0 Å². The standard InChI is InChI=1S/C10H18N4/c1-7(2)6-14-8(3)12-13-10(14)9-4-11-5-9/h7,9,11H,4-6H2,1-3H3. The van der Waals surface area contributed by atoms with Crippen LogP contribution in [0.1, 0.15) is 31.4 Å². The minimum atomic E-state index is 0.579. The highest BCUT2D eigenvalue weighted by atomic mass is 15.3. The lowest BCUT2D eigenvalue weighted by molar-refractivity contribution is 0.398. The molecule has 1 N–H and O–H groups in total. The zero-order valence-corrected chi connectivity index (χ0v) is 9.12. The number of nitrogens with zero attached hydrogens (tertiary/aromatic N) is 3. The zero-order chi connectivity index (χ0) is 10.1. The lowest BCUT2D eigenvalue weighted by Gasteiger charge is -2.27. The number of hydrogen-bond donors (Lipinski definition) is 1. The van der Waals surface area contributed by atoms with Gasteiger partial charge in [-0.2, -0.15) is 0 Å². The second-order valence-corrected chi connectivity index (χ2v) is 4.47. The smallest absolute Gasteiger partial charge is 0.138 e. The average molecular weight is 194 g/mol. The Balaban J connectivity index is 2.21. The molecule has 4 heteroatoms. The van der Waals surface area contributed by atoms with Crippen molar-refractivity contribution in [1.29, 1.82) is 0 Å². The van der Waals surface area contributed by atoms with Crippen LogP contribution in [0, 0.1) is 12.8 Å². The van der Waals surface area contributed by atoms with Crippen molar-refractivity contribution in [3.05, 3.63) is 11.6 Å². The van der Waals surface area contributed by atoms with Gasteiger partial charge in [-0.15, -0.1) is 10.2 Å². The summed E-state index contributed by atoms with van der Waals surface area (Å²) in [6.45, 7) is 9.62. The molecule has 1 aliphatic heterocycles. The first-order chi connectivity index (χ1) is 6.68. The Bertz CT molecular complexity index is 312. The molecule has 14 heavy (non-hydrogen) atoms. The Labute approximate surface area is 84.7 Å². The summed E-state index contributed by atoms with van der Waals surface area (Å²) in [5.41, 5.74) is 0. The molecule has 78 valence electrons. The molecule has 2 rings (SSSR count). The van der Waals surface area contributed by atoms with Gasteiger partial charge >= 0.3 is 0 Å². The maximum atomic E-state index is 4.26. The average Bonchev–Trinajstić information content (AvgIpc) is 2.32. The maximum Gasteiger partial charge on any atom is 0.138 e. The van der Waals surface area contributed by atoms with E-state index in [1.807, 2.05) is 6.92 Å². The van der Waals surface area contributed by atoms with Crippen LogP contribution in [0.25, 0.3) is 0 Å². The number of aryl methyl sites for hydroxylation is 1. The molecule has 0 atom stereocenters. The van der Waals surface area contributed by atoms with Crippen LogP contribution >= 0.6 is 0 Å². The Morgan fingerprint density at radius 1 is 1.43 bits per heavy atom. The van der Waals surface area contributed by atoms with Crippen LogP contribution in [-0.2, 0) is 6.54 Å². The lowest BCUT2D eigenvalue weighted by Crippen LogP contribution is -2.41. The molecule has 1 aromatic heterocycles. The Morgan fingerprint density at radius 3 is 2.64 bits per heavy atom. The van der Waals surface area contributed by atoms with Crippen LogP contribution in [0.5, 0.6) is 0 Å². The Kier molecular flexibility index (Phi) is 2.54. The van der Waals surface area contributed by atoms with Gasteiger partial charge in [0.1, 0.15) is 11.6 Å². The van der Waals surface area contributed by atoms with Gasteiger partial charge in [-0.1, -0.05) is 13.8 Å². The normalized spacial score (nSPS) is 17.4. The fourth-order valence-electron chi connectivity index (χ4n) is 1.76. The molecular formula is C10H18N4. The van der Waals surface area contributed by atoms with Gasteiger partial charge in [0, 0.05) is 25.6 Å². The van der Waals surface area contributed by atoms with Gasteiger partial charge in [0.15, 0.2) is 0 Å². The number of nitrogens with one attached hydrogen (secondary N) is 1. The van der Waals surface area contributed by atoms with Crippen molar-refractivity contribution in [2.75, 3.05) is 13.1 Å². The fraction of sp³-hybridized carbons (Fsp3) is 0.800. The van der Waals surface area contributed by atoms with Crippen molar-refractivity contribution in [2.24, 2.45) is 5.92 Å². The van der Waals surface area contributed by atoms with E-state index >= 15 is 0 Å². The molecule has 0 aliphatic carbocycles. The summed E-state index contributed by atoms with van der Waals surface area (Å²) < 4.78 is 2.26. The number of hydrogen-bond acceptors (Lipinski definition) is 3. The first-order valence-electron chi connectivity index (χ1n) is 5.29. The fourth-order valence-corrected chi connectivity index (χ4v) is 1.76. The van der Waals surface area contributed by atoms with Crippen molar-refractivity contribution in [1.82, 2.24) is 20.1 Å². The molecule has 1 aromatic rings. The summed E-state index contributed by atoms with van der Waals surface area (Å²) in [6.07, 6.45) is 0. The molecule has 0 bridgehead atoms. The van der Waals surface area contributed by atoms with Crippen molar-refractivity contribution in [3.8, 4) is 0 Å². The van der Waals surface area contributed by atoms with Crippen LogP contribution in [-0.4, -0.2) is 27.9 Å². The van der Waals surface area contributed by atoms with Crippen molar-refractivity contribution in [2.45, 2.75) is 33.2 Å². The molecule has 0 aromatic carbocycles. The third kappa shape index (κ3) is 1.66. The van der Waals surface area contributed by atoms with E-state index in [-0.39, 0.29) is 0 Å². The van der Waals surface area contributed by atoms with Gasteiger partial charge in [0.2, 0.25) is 0 Å². The minimum absolute atomic E-state index is 0.579. The molecule has 0 saturated carbocycles. The highest BCUT2D eigenvalue weighted by Gasteiger charge is 2.25. The quantitative estimate of drug-likeness (QED) is 0.778. The highest BCUT2D eigenvalue weighted by Crippen LogP contribution is 2.19. The Morgan fingerprint density at radius 2 is 2.14 bits per heavy atom. The number of aromatic nitrogens is 3. The van der Waals surface area contributed by atoms with Gasteiger partial charge < -0.3 is 9.88 Å². The van der Waals surface area contributed by atoms with E-state index in [9.17, 15) is 0 Å². The van der Waals surface area contributed by atoms with E-state index < -0.39 is 0 Å². The first-order valence-corrected chi connectivity index (χ1v) is 5.29. The van der Waals surface area contributed by atoms with E-state index in [1.165, 1.54) is 0 Å². The molecule has 0 amide bonds. The summed E-state index contributed by atoms with van der Waals surface area (Å²) in [5, 5.41) is 11.7. The van der Waals surface area contributed by atoms with Gasteiger partial charge in [0.25, 0.3) is 0 Å². The second-order valence-electron chi connectivity index (χ2n) is 4.47. The Hall–Kier alpha value is -0.900. The molecule has 0 unspecified atom stereocenters. The topological polar surface area (TPSA) is 42.7 Å². The predicted octanol–water partition coefficient (Wildman–Crippen LogP) is 0.929. The zero-order valence-electron chi connectivity index (χ0n) is 9.12. The highest BCUT2D eigenvalue weighted by molar-refractivity contribution is 5.06. The minimum Gasteiger partial charge on any atom is -0.315 e. The van der Waals surface area contributed by atoms with Gasteiger partial charge in [-0.05, 0) is 12.8 Å². The second kappa shape index (κ2) is 3.69. The molecule has 2 heterocycles. The van der Waals surface area contributed by atoms with Gasteiger partial charge in [0.05, 0.1) is 0 Å². The van der Waals surface area contributed by atoms with E-state index in [1.54, 1.807) is 0 Å². The van der Waals surface area contributed by atoms with E-state index in [2.05, 4.69) is 33.9 Å². The van der Waals surface area contributed by atoms with E-state index in [0.717, 1.165) is 31.3 Å². The third-order valence-electron chi connectivity index (χ3n) is 2.66. The molecule has 0 radical (unpaired) electrons. The summed E-state index contributed by atoms with van der Waals surface area (Å²) in [6, 6.07) is 0. The molecule has 4 nitrogen and oxygen atoms in total. The van der Waals surface area contributed by atoms with Crippen molar-refractivity contribution < 1.29 is 0 Å². The molecule has 1 saturated heterocycles. The van der Waals surface area contributed by atoms with Gasteiger partial charge in [-0.25, -0.2) is 0 Å². The number of rotatable bonds is 3. The maximum absolute atomic E-state index is 4.26. The van der Waals surface area contributed by atoms with Crippen LogP contribution in [0.3, 0.4) is 0 Å². The molecule has 1 fully saturated rings. The summed E-state index contributed by atoms with van der Waals surface area (Å²) in [4.78, 5) is 0. The van der Waals surface area contributed by atoms with Crippen molar-refractivity contribution >= 4 is 0 Å². The van der Waals surface area contributed by atoms with Crippen LogP contribution in [0.2, 0.25) is 0 Å².